The van der Waals surface area contributed by atoms with Gasteiger partial charge in [-0.3, -0.25) is 0 Å². The maximum absolute atomic E-state index is 8.67. The lowest BCUT2D eigenvalue weighted by atomic mass is 10.0. The summed E-state index contributed by atoms with van der Waals surface area (Å²) >= 11 is 0. The molecule has 1 aliphatic carbocycles. The molecule has 0 saturated carbocycles. The van der Waals surface area contributed by atoms with E-state index in [9.17, 15) is 0 Å². The lowest BCUT2D eigenvalue weighted by molar-refractivity contribution is 0.645. The highest BCUT2D eigenvalue weighted by atomic mass is 14.9. The highest BCUT2D eigenvalue weighted by Crippen LogP contribution is 2.17. The third-order valence-corrected chi connectivity index (χ3v) is 2.65. The Labute approximate surface area is 90.2 Å². The number of benzene rings is 1. The van der Waals surface area contributed by atoms with Gasteiger partial charge in [0.2, 0.25) is 0 Å². The number of allylic oxidation sites excluding steroid dienone is 1. The molecule has 2 rings (SSSR count). The fraction of sp³-hybridized carbons (Fsp3) is 0.308. The van der Waals surface area contributed by atoms with Crippen molar-refractivity contribution in [1.29, 1.82) is 5.26 Å². The summed E-state index contributed by atoms with van der Waals surface area (Å²) in [4.78, 5) is 0. The second kappa shape index (κ2) is 4.65. The second-order valence-corrected chi connectivity index (χ2v) is 3.81. The summed E-state index contributed by atoms with van der Waals surface area (Å²) in [6.45, 7) is 0. The molecule has 0 aliphatic heterocycles. The first kappa shape index (κ1) is 9.79. The van der Waals surface area contributed by atoms with Crippen molar-refractivity contribution in [2.45, 2.75) is 25.3 Å². The van der Waals surface area contributed by atoms with E-state index in [1.165, 1.54) is 6.42 Å². The molecule has 0 radical (unpaired) electrons. The van der Waals surface area contributed by atoms with Crippen molar-refractivity contribution in [3.05, 3.63) is 42.0 Å². The number of nitriles is 1. The first-order valence-corrected chi connectivity index (χ1v) is 5.30. The van der Waals surface area contributed by atoms with Gasteiger partial charge in [0, 0.05) is 11.7 Å². The van der Waals surface area contributed by atoms with Gasteiger partial charge in [0.15, 0.2) is 0 Å². The first-order valence-electron chi connectivity index (χ1n) is 5.30. The number of hydrogen-bond donors (Lipinski definition) is 1. The third kappa shape index (κ3) is 2.60. The van der Waals surface area contributed by atoms with Gasteiger partial charge in [0.05, 0.1) is 11.6 Å². The average Bonchev–Trinajstić information content (AvgIpc) is 2.31. The molecule has 0 spiro atoms. The van der Waals surface area contributed by atoms with E-state index < -0.39 is 0 Å². The van der Waals surface area contributed by atoms with Crippen molar-refractivity contribution in [2.24, 2.45) is 0 Å². The van der Waals surface area contributed by atoms with Gasteiger partial charge in [-0.1, -0.05) is 12.2 Å². The zero-order chi connectivity index (χ0) is 10.5. The van der Waals surface area contributed by atoms with Crippen molar-refractivity contribution >= 4 is 5.69 Å². The molecule has 1 atom stereocenters. The molecule has 1 aromatic carbocycles. The van der Waals surface area contributed by atoms with Crippen LogP contribution in [0.2, 0.25) is 0 Å². The van der Waals surface area contributed by atoms with Gasteiger partial charge in [0.25, 0.3) is 0 Å². The minimum atomic E-state index is 0.544. The molecule has 76 valence electrons. The van der Waals surface area contributed by atoms with E-state index in [0.717, 1.165) is 18.5 Å². The molecule has 0 amide bonds. The van der Waals surface area contributed by atoms with Crippen LogP contribution in [0, 0.1) is 11.3 Å². The normalized spacial score (nSPS) is 19.5. The molecule has 2 nitrogen and oxygen atoms in total. The van der Waals surface area contributed by atoms with Crippen LogP contribution >= 0.6 is 0 Å². The van der Waals surface area contributed by atoms with Gasteiger partial charge in [0.1, 0.15) is 0 Å². The van der Waals surface area contributed by atoms with E-state index in [1.54, 1.807) is 0 Å². The minimum Gasteiger partial charge on any atom is -0.382 e. The van der Waals surface area contributed by atoms with E-state index in [0.29, 0.717) is 11.6 Å². The maximum atomic E-state index is 8.67. The molecule has 1 unspecified atom stereocenters. The van der Waals surface area contributed by atoms with Gasteiger partial charge >= 0.3 is 0 Å². The van der Waals surface area contributed by atoms with E-state index in [4.69, 9.17) is 5.26 Å². The smallest absolute Gasteiger partial charge is 0.0991 e. The van der Waals surface area contributed by atoms with Crippen LogP contribution in [-0.2, 0) is 0 Å². The van der Waals surface area contributed by atoms with Gasteiger partial charge in [-0.2, -0.15) is 5.26 Å². The molecule has 0 fully saturated rings. The van der Waals surface area contributed by atoms with Crippen LogP contribution in [-0.4, -0.2) is 6.04 Å². The SMILES string of the molecule is N#Cc1ccc(NC2CC=CCC2)cc1. The summed E-state index contributed by atoms with van der Waals surface area (Å²) in [6.07, 6.45) is 7.91. The van der Waals surface area contributed by atoms with Crippen LogP contribution in [0.1, 0.15) is 24.8 Å². The maximum Gasteiger partial charge on any atom is 0.0991 e. The average molecular weight is 198 g/mol. The molecule has 0 saturated heterocycles. The van der Waals surface area contributed by atoms with E-state index in [-0.39, 0.29) is 0 Å². The Hall–Kier alpha value is -1.75. The van der Waals surface area contributed by atoms with Crippen LogP contribution in [0.25, 0.3) is 0 Å². The van der Waals surface area contributed by atoms with Crippen molar-refractivity contribution in [3.63, 3.8) is 0 Å². The molecule has 15 heavy (non-hydrogen) atoms. The largest absolute Gasteiger partial charge is 0.382 e. The van der Waals surface area contributed by atoms with Crippen LogP contribution in [0.5, 0.6) is 0 Å². The Balaban J connectivity index is 1.98. The minimum absolute atomic E-state index is 0.544. The predicted molar refractivity (Wildman–Crippen MR) is 61.6 cm³/mol. The van der Waals surface area contributed by atoms with Crippen molar-refractivity contribution in [1.82, 2.24) is 0 Å². The summed E-state index contributed by atoms with van der Waals surface area (Å²) in [6, 6.07) is 10.3. The number of hydrogen-bond acceptors (Lipinski definition) is 2. The van der Waals surface area contributed by atoms with Crippen LogP contribution in [0.4, 0.5) is 5.69 Å². The van der Waals surface area contributed by atoms with Crippen LogP contribution < -0.4 is 5.32 Å². The standard InChI is InChI=1S/C13H14N2/c14-10-11-6-8-13(9-7-11)15-12-4-2-1-3-5-12/h1-2,6-9,12,15H,3-5H2. The van der Waals surface area contributed by atoms with Crippen molar-refractivity contribution in [2.75, 3.05) is 5.32 Å². The zero-order valence-corrected chi connectivity index (χ0v) is 8.61. The highest BCUT2D eigenvalue weighted by molar-refractivity contribution is 5.48. The lowest BCUT2D eigenvalue weighted by Crippen LogP contribution is -2.20. The Kier molecular flexibility index (Phi) is 3.04. The van der Waals surface area contributed by atoms with Gasteiger partial charge in [-0.05, 0) is 43.5 Å². The molecule has 1 aliphatic rings. The van der Waals surface area contributed by atoms with E-state index in [1.807, 2.05) is 24.3 Å². The Morgan fingerprint density at radius 2 is 2.00 bits per heavy atom. The molecule has 0 bridgehead atoms. The molecule has 1 N–H and O–H groups in total. The Morgan fingerprint density at radius 3 is 2.60 bits per heavy atom. The lowest BCUT2D eigenvalue weighted by Gasteiger charge is -2.20. The molecule has 1 aromatic rings. The Morgan fingerprint density at radius 1 is 1.20 bits per heavy atom. The number of rotatable bonds is 2. The number of nitrogens with zero attached hydrogens (tertiary/aromatic N) is 1. The predicted octanol–water partition coefficient (Wildman–Crippen LogP) is 3.08. The summed E-state index contributed by atoms with van der Waals surface area (Å²) < 4.78 is 0. The van der Waals surface area contributed by atoms with E-state index >= 15 is 0 Å². The third-order valence-electron chi connectivity index (χ3n) is 2.65. The fourth-order valence-corrected chi connectivity index (χ4v) is 1.80. The second-order valence-electron chi connectivity index (χ2n) is 3.81. The molecular formula is C13H14N2. The van der Waals surface area contributed by atoms with Crippen molar-refractivity contribution < 1.29 is 0 Å². The molecular weight excluding hydrogens is 184 g/mol. The molecule has 0 aromatic heterocycles. The number of nitrogens with one attached hydrogen (secondary N) is 1. The zero-order valence-electron chi connectivity index (χ0n) is 8.61. The summed E-state index contributed by atoms with van der Waals surface area (Å²) in [7, 11) is 0. The van der Waals surface area contributed by atoms with Gasteiger partial charge in [-0.15, -0.1) is 0 Å². The summed E-state index contributed by atoms with van der Waals surface area (Å²) in [5.74, 6) is 0. The van der Waals surface area contributed by atoms with E-state index in [2.05, 4.69) is 23.5 Å². The van der Waals surface area contributed by atoms with Gasteiger partial charge in [-0.25, -0.2) is 0 Å². The number of anilines is 1. The topological polar surface area (TPSA) is 35.8 Å². The first-order chi connectivity index (χ1) is 7.38. The van der Waals surface area contributed by atoms with Crippen LogP contribution in [0.3, 0.4) is 0 Å². The fourth-order valence-electron chi connectivity index (χ4n) is 1.80. The highest BCUT2D eigenvalue weighted by Gasteiger charge is 2.08. The quantitative estimate of drug-likeness (QED) is 0.741. The molecule has 2 heteroatoms. The van der Waals surface area contributed by atoms with Crippen molar-refractivity contribution in [3.8, 4) is 6.07 Å². The summed E-state index contributed by atoms with van der Waals surface area (Å²) in [5, 5.41) is 12.1. The van der Waals surface area contributed by atoms with Gasteiger partial charge < -0.3 is 5.32 Å². The summed E-state index contributed by atoms with van der Waals surface area (Å²) in [5.41, 5.74) is 1.82. The Bertz CT molecular complexity index is 384. The molecule has 0 heterocycles. The monoisotopic (exact) mass is 198 g/mol. The van der Waals surface area contributed by atoms with Crippen LogP contribution in [0.15, 0.2) is 36.4 Å².